The van der Waals surface area contributed by atoms with Crippen molar-refractivity contribution in [2.75, 3.05) is 31.2 Å². The Morgan fingerprint density at radius 3 is 2.52 bits per heavy atom. The molecule has 2 aromatic carbocycles. The Morgan fingerprint density at radius 1 is 1.10 bits per heavy atom. The van der Waals surface area contributed by atoms with E-state index in [9.17, 15) is 14.4 Å². The lowest BCUT2D eigenvalue weighted by Crippen LogP contribution is -2.43. The molecule has 3 amide bonds. The topological polar surface area (TPSA) is 60.9 Å². The van der Waals surface area contributed by atoms with Gasteiger partial charge in [-0.05, 0) is 37.1 Å². The first-order valence-corrected chi connectivity index (χ1v) is 9.93. The third-order valence-corrected chi connectivity index (χ3v) is 5.49. The van der Waals surface area contributed by atoms with Crippen LogP contribution in [0.5, 0.6) is 0 Å². The van der Waals surface area contributed by atoms with Gasteiger partial charge in [-0.2, -0.15) is 0 Å². The van der Waals surface area contributed by atoms with Crippen molar-refractivity contribution in [2.45, 2.75) is 20.3 Å². The van der Waals surface area contributed by atoms with Crippen molar-refractivity contribution in [1.82, 2.24) is 9.80 Å². The molecule has 1 aliphatic heterocycles. The first-order valence-electron chi connectivity index (χ1n) is 9.55. The molecule has 0 unspecified atom stereocenters. The van der Waals surface area contributed by atoms with Crippen molar-refractivity contribution < 1.29 is 14.4 Å². The van der Waals surface area contributed by atoms with Crippen LogP contribution in [0.2, 0.25) is 5.02 Å². The molecule has 0 N–H and O–H groups in total. The van der Waals surface area contributed by atoms with Gasteiger partial charge in [-0.1, -0.05) is 48.0 Å². The Labute approximate surface area is 175 Å². The quantitative estimate of drug-likeness (QED) is 0.731. The molecule has 1 aliphatic rings. The number of rotatable bonds is 6. The number of carbonyl (C=O) groups excluding carboxylic acids is 3. The molecular formula is C22H24ClN3O3. The van der Waals surface area contributed by atoms with E-state index < -0.39 is 0 Å². The Hall–Kier alpha value is -2.86. The number of hydrogen-bond acceptors (Lipinski definition) is 3. The molecule has 1 heterocycles. The van der Waals surface area contributed by atoms with Crippen LogP contribution in [-0.4, -0.2) is 53.8 Å². The minimum absolute atomic E-state index is 0.00475. The number of amides is 3. The van der Waals surface area contributed by atoms with E-state index in [4.69, 9.17) is 11.6 Å². The fourth-order valence-corrected chi connectivity index (χ4v) is 3.51. The number of benzene rings is 2. The Morgan fingerprint density at radius 2 is 1.83 bits per heavy atom. The highest BCUT2D eigenvalue weighted by Gasteiger charge is 2.33. The third kappa shape index (κ3) is 4.77. The van der Waals surface area contributed by atoms with Gasteiger partial charge in [0.05, 0.1) is 13.0 Å². The SMILES string of the molecule is CCN(CC(=O)N1CC(=O)N(c2cccc(Cl)c2C)C1)C(=O)Cc1ccccc1. The van der Waals surface area contributed by atoms with Crippen LogP contribution in [0.25, 0.3) is 0 Å². The smallest absolute Gasteiger partial charge is 0.248 e. The van der Waals surface area contributed by atoms with Gasteiger partial charge in [-0.3, -0.25) is 19.3 Å². The molecule has 0 saturated carbocycles. The number of anilines is 1. The summed E-state index contributed by atoms with van der Waals surface area (Å²) >= 11 is 6.17. The largest absolute Gasteiger partial charge is 0.333 e. The zero-order valence-electron chi connectivity index (χ0n) is 16.6. The fourth-order valence-electron chi connectivity index (χ4n) is 3.34. The van der Waals surface area contributed by atoms with E-state index in [0.29, 0.717) is 17.3 Å². The number of halogens is 1. The Bertz CT molecular complexity index is 917. The first kappa shape index (κ1) is 20.9. The molecule has 29 heavy (non-hydrogen) atoms. The molecule has 0 atom stereocenters. The average Bonchev–Trinajstić information content (AvgIpc) is 3.10. The molecule has 1 saturated heterocycles. The van der Waals surface area contributed by atoms with Crippen LogP contribution in [0, 0.1) is 6.92 Å². The van der Waals surface area contributed by atoms with Crippen LogP contribution in [0.4, 0.5) is 5.69 Å². The zero-order chi connectivity index (χ0) is 21.0. The summed E-state index contributed by atoms with van der Waals surface area (Å²) in [5, 5.41) is 0.573. The highest BCUT2D eigenvalue weighted by Crippen LogP contribution is 2.28. The van der Waals surface area contributed by atoms with Crippen molar-refractivity contribution in [3.8, 4) is 0 Å². The second-order valence-electron chi connectivity index (χ2n) is 7.01. The van der Waals surface area contributed by atoms with Gasteiger partial charge in [0.25, 0.3) is 0 Å². The van der Waals surface area contributed by atoms with E-state index >= 15 is 0 Å². The van der Waals surface area contributed by atoms with Gasteiger partial charge in [0.1, 0.15) is 13.2 Å². The van der Waals surface area contributed by atoms with Gasteiger partial charge >= 0.3 is 0 Å². The summed E-state index contributed by atoms with van der Waals surface area (Å²) in [6.07, 6.45) is 0.245. The van der Waals surface area contributed by atoms with Crippen molar-refractivity contribution in [3.63, 3.8) is 0 Å². The molecule has 0 radical (unpaired) electrons. The molecule has 152 valence electrons. The molecule has 2 aromatic rings. The number of likely N-dealkylation sites (N-methyl/N-ethyl adjacent to an activating group) is 1. The van der Waals surface area contributed by atoms with E-state index in [1.165, 1.54) is 9.80 Å². The second kappa shape index (κ2) is 9.09. The average molecular weight is 414 g/mol. The minimum Gasteiger partial charge on any atom is -0.333 e. The second-order valence-corrected chi connectivity index (χ2v) is 7.42. The van der Waals surface area contributed by atoms with E-state index in [1.807, 2.05) is 50.2 Å². The molecule has 7 heteroatoms. The van der Waals surface area contributed by atoms with E-state index in [-0.39, 0.29) is 43.9 Å². The molecule has 0 aliphatic carbocycles. The van der Waals surface area contributed by atoms with Crippen molar-refractivity contribution in [1.29, 1.82) is 0 Å². The molecule has 0 aromatic heterocycles. The van der Waals surface area contributed by atoms with Gasteiger partial charge in [0, 0.05) is 17.3 Å². The normalized spacial score (nSPS) is 13.7. The van der Waals surface area contributed by atoms with Crippen LogP contribution in [0.15, 0.2) is 48.5 Å². The summed E-state index contributed by atoms with van der Waals surface area (Å²) in [4.78, 5) is 42.4. The summed E-state index contributed by atoms with van der Waals surface area (Å²) < 4.78 is 0. The predicted molar refractivity (Wildman–Crippen MR) is 113 cm³/mol. The maximum atomic E-state index is 12.8. The van der Waals surface area contributed by atoms with Crippen molar-refractivity contribution in [3.05, 3.63) is 64.7 Å². The van der Waals surface area contributed by atoms with Gasteiger partial charge in [-0.25, -0.2) is 0 Å². The lowest BCUT2D eigenvalue weighted by molar-refractivity contribution is -0.139. The van der Waals surface area contributed by atoms with Crippen molar-refractivity contribution >= 4 is 35.0 Å². The molecule has 0 spiro atoms. The molecule has 3 rings (SSSR count). The van der Waals surface area contributed by atoms with E-state index in [1.54, 1.807) is 17.0 Å². The zero-order valence-corrected chi connectivity index (χ0v) is 17.4. The van der Waals surface area contributed by atoms with Crippen LogP contribution in [0.3, 0.4) is 0 Å². The fraction of sp³-hybridized carbons (Fsp3) is 0.318. The van der Waals surface area contributed by atoms with Crippen molar-refractivity contribution in [2.24, 2.45) is 0 Å². The Balaban J connectivity index is 1.65. The monoisotopic (exact) mass is 413 g/mol. The molecular weight excluding hydrogens is 390 g/mol. The summed E-state index contributed by atoms with van der Waals surface area (Å²) in [5.74, 6) is -0.522. The number of nitrogens with zero attached hydrogens (tertiary/aromatic N) is 3. The van der Waals surface area contributed by atoms with Crippen LogP contribution >= 0.6 is 11.6 Å². The lowest BCUT2D eigenvalue weighted by Gasteiger charge is -2.24. The number of hydrogen-bond donors (Lipinski definition) is 0. The van der Waals surface area contributed by atoms with Crippen LogP contribution in [0.1, 0.15) is 18.1 Å². The predicted octanol–water partition coefficient (Wildman–Crippen LogP) is 2.87. The molecule has 1 fully saturated rings. The standard InChI is InChI=1S/C22H24ClN3O3/c1-3-24(20(27)12-17-8-5-4-6-9-17)13-21(28)25-14-22(29)26(15-25)19-11-7-10-18(23)16(19)2/h4-11H,3,12-15H2,1-2H3. The highest BCUT2D eigenvalue weighted by atomic mass is 35.5. The first-order chi connectivity index (χ1) is 13.9. The third-order valence-electron chi connectivity index (χ3n) is 5.08. The number of carbonyl (C=O) groups is 3. The maximum absolute atomic E-state index is 12.8. The minimum atomic E-state index is -0.246. The summed E-state index contributed by atoms with van der Waals surface area (Å²) in [7, 11) is 0. The summed E-state index contributed by atoms with van der Waals surface area (Å²) in [6, 6.07) is 14.8. The van der Waals surface area contributed by atoms with Crippen LogP contribution < -0.4 is 4.90 Å². The highest BCUT2D eigenvalue weighted by molar-refractivity contribution is 6.31. The van der Waals surface area contributed by atoms with Gasteiger partial charge in [0.2, 0.25) is 17.7 Å². The summed E-state index contributed by atoms with van der Waals surface area (Å²) in [6.45, 7) is 4.22. The van der Waals surface area contributed by atoms with Crippen LogP contribution in [-0.2, 0) is 20.8 Å². The lowest BCUT2D eigenvalue weighted by atomic mass is 10.1. The molecule has 6 nitrogen and oxygen atoms in total. The maximum Gasteiger partial charge on any atom is 0.248 e. The van der Waals surface area contributed by atoms with E-state index in [2.05, 4.69) is 0 Å². The van der Waals surface area contributed by atoms with Gasteiger partial charge in [-0.15, -0.1) is 0 Å². The Kier molecular flexibility index (Phi) is 6.54. The van der Waals surface area contributed by atoms with Gasteiger partial charge < -0.3 is 9.80 Å². The molecule has 0 bridgehead atoms. The van der Waals surface area contributed by atoms with Gasteiger partial charge in [0.15, 0.2) is 0 Å². The van der Waals surface area contributed by atoms with E-state index in [0.717, 1.165) is 11.1 Å². The summed E-state index contributed by atoms with van der Waals surface area (Å²) in [5.41, 5.74) is 2.40.